The number of ether oxygens (including phenoxy) is 1. The highest BCUT2D eigenvalue weighted by Gasteiger charge is 2.53. The molecule has 1 aliphatic carbocycles. The van der Waals surface area contributed by atoms with Gasteiger partial charge in [0.05, 0.1) is 7.11 Å². The predicted octanol–water partition coefficient (Wildman–Crippen LogP) is 1.49. The Hall–Kier alpha value is -2.90. The van der Waals surface area contributed by atoms with Crippen molar-refractivity contribution in [1.82, 2.24) is 15.1 Å². The van der Waals surface area contributed by atoms with Crippen LogP contribution in [0, 0.1) is 5.82 Å². The fraction of sp³-hybridized carbons (Fsp3) is 0.312. The molecule has 1 aromatic carbocycles. The SMILES string of the molecule is COc1ccc(-n2nc(C(=O)O)c3c2C(=O)NCC32CC2)c(F)c1. The number of fused-ring (bicyclic) bond motifs is 2. The topological polar surface area (TPSA) is 93.5 Å². The Morgan fingerprint density at radius 2 is 2.21 bits per heavy atom. The monoisotopic (exact) mass is 331 g/mol. The van der Waals surface area contributed by atoms with E-state index in [0.29, 0.717) is 17.9 Å². The average molecular weight is 331 g/mol. The minimum absolute atomic E-state index is 0.00685. The van der Waals surface area contributed by atoms with E-state index in [2.05, 4.69) is 10.4 Å². The lowest BCUT2D eigenvalue weighted by Gasteiger charge is -2.23. The van der Waals surface area contributed by atoms with Gasteiger partial charge in [-0.2, -0.15) is 5.10 Å². The van der Waals surface area contributed by atoms with E-state index in [9.17, 15) is 19.1 Å². The van der Waals surface area contributed by atoms with Gasteiger partial charge in [0.1, 0.15) is 17.1 Å². The van der Waals surface area contributed by atoms with Crippen molar-refractivity contribution in [3.8, 4) is 11.4 Å². The summed E-state index contributed by atoms with van der Waals surface area (Å²) in [6.07, 6.45) is 1.55. The first-order chi connectivity index (χ1) is 11.5. The number of methoxy groups -OCH3 is 1. The number of carbonyl (C=O) groups is 2. The number of rotatable bonds is 3. The molecule has 0 saturated heterocycles. The number of nitrogens with zero attached hydrogens (tertiary/aromatic N) is 2. The first kappa shape index (κ1) is 14.7. The van der Waals surface area contributed by atoms with Gasteiger partial charge in [-0.05, 0) is 25.0 Å². The Morgan fingerprint density at radius 1 is 1.46 bits per heavy atom. The van der Waals surface area contributed by atoms with Crippen molar-refractivity contribution in [3.05, 3.63) is 41.0 Å². The van der Waals surface area contributed by atoms with Gasteiger partial charge in [-0.15, -0.1) is 0 Å². The zero-order chi connectivity index (χ0) is 17.1. The van der Waals surface area contributed by atoms with E-state index in [-0.39, 0.29) is 17.1 Å². The molecule has 0 unspecified atom stereocenters. The smallest absolute Gasteiger partial charge is 0.356 e. The summed E-state index contributed by atoms with van der Waals surface area (Å²) in [4.78, 5) is 24.0. The molecule has 0 atom stereocenters. The summed E-state index contributed by atoms with van der Waals surface area (Å²) < 4.78 is 20.5. The van der Waals surface area contributed by atoms with Crippen LogP contribution < -0.4 is 10.1 Å². The van der Waals surface area contributed by atoms with Crippen molar-refractivity contribution >= 4 is 11.9 Å². The number of carboxylic acid groups (broad SMARTS) is 1. The molecule has 8 heteroatoms. The molecule has 1 aromatic heterocycles. The lowest BCUT2D eigenvalue weighted by Crippen LogP contribution is -2.40. The van der Waals surface area contributed by atoms with Gasteiger partial charge < -0.3 is 15.2 Å². The zero-order valence-corrected chi connectivity index (χ0v) is 12.8. The van der Waals surface area contributed by atoms with E-state index in [0.717, 1.165) is 23.6 Å². The Kier molecular flexibility index (Phi) is 2.93. The molecule has 1 fully saturated rings. The van der Waals surface area contributed by atoms with Crippen molar-refractivity contribution in [2.45, 2.75) is 18.3 Å². The van der Waals surface area contributed by atoms with Crippen LogP contribution in [0.5, 0.6) is 5.75 Å². The lowest BCUT2D eigenvalue weighted by molar-refractivity contribution is 0.0688. The molecule has 2 N–H and O–H groups in total. The summed E-state index contributed by atoms with van der Waals surface area (Å²) in [5.41, 5.74) is -0.0628. The molecule has 1 saturated carbocycles. The van der Waals surface area contributed by atoms with Crippen LogP contribution in [0.15, 0.2) is 18.2 Å². The number of aromatic nitrogens is 2. The number of hydrogen-bond donors (Lipinski definition) is 2. The molecular weight excluding hydrogens is 317 g/mol. The third-order valence-corrected chi connectivity index (χ3v) is 4.66. The highest BCUT2D eigenvalue weighted by Crippen LogP contribution is 2.52. The number of nitrogens with one attached hydrogen (secondary N) is 1. The quantitative estimate of drug-likeness (QED) is 0.889. The van der Waals surface area contributed by atoms with Crippen LogP contribution >= 0.6 is 0 Å². The van der Waals surface area contributed by atoms with E-state index < -0.39 is 23.1 Å². The first-order valence-electron chi connectivity index (χ1n) is 7.46. The Labute approximate surface area is 136 Å². The highest BCUT2D eigenvalue weighted by molar-refractivity contribution is 6.01. The van der Waals surface area contributed by atoms with E-state index >= 15 is 0 Å². The maximum atomic E-state index is 14.4. The summed E-state index contributed by atoms with van der Waals surface area (Å²) in [7, 11) is 1.41. The molecule has 124 valence electrons. The van der Waals surface area contributed by atoms with Crippen molar-refractivity contribution < 1.29 is 23.8 Å². The van der Waals surface area contributed by atoms with Crippen LogP contribution in [0.2, 0.25) is 0 Å². The number of carboxylic acids is 1. The molecule has 1 amide bonds. The van der Waals surface area contributed by atoms with Gasteiger partial charge in [0, 0.05) is 23.6 Å². The van der Waals surface area contributed by atoms with Crippen molar-refractivity contribution in [3.63, 3.8) is 0 Å². The van der Waals surface area contributed by atoms with Gasteiger partial charge in [-0.1, -0.05) is 0 Å². The number of hydrogen-bond acceptors (Lipinski definition) is 4. The first-order valence-corrected chi connectivity index (χ1v) is 7.46. The molecular formula is C16H14FN3O4. The van der Waals surface area contributed by atoms with Crippen molar-refractivity contribution in [2.75, 3.05) is 13.7 Å². The summed E-state index contributed by atoms with van der Waals surface area (Å²) in [5.74, 6) is -2.00. The number of benzene rings is 1. The molecule has 4 rings (SSSR count). The molecule has 24 heavy (non-hydrogen) atoms. The Bertz CT molecular complexity index is 886. The highest BCUT2D eigenvalue weighted by atomic mass is 19.1. The minimum Gasteiger partial charge on any atom is -0.497 e. The van der Waals surface area contributed by atoms with Gasteiger partial charge in [-0.3, -0.25) is 4.79 Å². The lowest BCUT2D eigenvalue weighted by atomic mass is 9.90. The third-order valence-electron chi connectivity index (χ3n) is 4.66. The standard InChI is InChI=1S/C16H14FN3O4/c1-24-8-2-3-10(9(17)6-8)20-13-11(12(19-20)15(22)23)16(4-5-16)7-18-14(13)21/h2-3,6H,4-5,7H2,1H3,(H,18,21)(H,22,23). The minimum atomic E-state index is -1.22. The number of halogens is 1. The second-order valence-corrected chi connectivity index (χ2v) is 6.07. The molecule has 1 spiro atoms. The molecule has 1 aliphatic heterocycles. The van der Waals surface area contributed by atoms with Crippen molar-refractivity contribution in [1.29, 1.82) is 0 Å². The maximum absolute atomic E-state index is 14.4. The molecule has 2 aliphatic rings. The molecule has 0 bridgehead atoms. The van der Waals surface area contributed by atoms with E-state index in [1.165, 1.54) is 19.2 Å². The predicted molar refractivity (Wildman–Crippen MR) is 80.3 cm³/mol. The molecule has 2 aromatic rings. The van der Waals surface area contributed by atoms with Gasteiger partial charge in [0.2, 0.25) is 0 Å². The Morgan fingerprint density at radius 3 is 2.79 bits per heavy atom. The van der Waals surface area contributed by atoms with Crippen LogP contribution in [-0.2, 0) is 5.41 Å². The maximum Gasteiger partial charge on any atom is 0.356 e. The summed E-state index contributed by atoms with van der Waals surface area (Å²) in [6.45, 7) is 0.385. The normalized spacial score (nSPS) is 17.3. The number of amides is 1. The van der Waals surface area contributed by atoms with Crippen LogP contribution in [0.25, 0.3) is 5.69 Å². The summed E-state index contributed by atoms with van der Waals surface area (Å²) in [5, 5.41) is 16.3. The second-order valence-electron chi connectivity index (χ2n) is 6.07. The van der Waals surface area contributed by atoms with Crippen LogP contribution in [0.1, 0.15) is 39.4 Å². The Balaban J connectivity index is 1.98. The third kappa shape index (κ3) is 1.92. The van der Waals surface area contributed by atoms with Gasteiger partial charge in [0.25, 0.3) is 5.91 Å². The fourth-order valence-electron chi connectivity index (χ4n) is 3.24. The van der Waals surface area contributed by atoms with E-state index in [1.54, 1.807) is 0 Å². The second kappa shape index (κ2) is 4.80. The van der Waals surface area contributed by atoms with E-state index in [4.69, 9.17) is 4.74 Å². The fourth-order valence-corrected chi connectivity index (χ4v) is 3.24. The zero-order valence-electron chi connectivity index (χ0n) is 12.8. The van der Waals surface area contributed by atoms with Gasteiger partial charge in [-0.25, -0.2) is 13.9 Å². The summed E-state index contributed by atoms with van der Waals surface area (Å²) >= 11 is 0. The largest absolute Gasteiger partial charge is 0.497 e. The van der Waals surface area contributed by atoms with Gasteiger partial charge >= 0.3 is 5.97 Å². The van der Waals surface area contributed by atoms with E-state index in [1.807, 2.05) is 0 Å². The number of carbonyl (C=O) groups excluding carboxylic acids is 1. The average Bonchev–Trinajstić information content (AvgIpc) is 3.21. The van der Waals surface area contributed by atoms with Crippen LogP contribution in [-0.4, -0.2) is 40.4 Å². The number of aromatic carboxylic acids is 1. The summed E-state index contributed by atoms with van der Waals surface area (Å²) in [6, 6.07) is 4.10. The van der Waals surface area contributed by atoms with Crippen LogP contribution in [0.4, 0.5) is 4.39 Å². The molecule has 2 heterocycles. The molecule has 0 radical (unpaired) electrons. The molecule has 7 nitrogen and oxygen atoms in total. The van der Waals surface area contributed by atoms with Crippen LogP contribution in [0.3, 0.4) is 0 Å². The van der Waals surface area contributed by atoms with Gasteiger partial charge in [0.15, 0.2) is 11.5 Å². The van der Waals surface area contributed by atoms with Crippen molar-refractivity contribution in [2.24, 2.45) is 0 Å².